The minimum atomic E-state index is -0.950. The number of aryl methyl sites for hydroxylation is 2. The van der Waals surface area contributed by atoms with Crippen LogP contribution in [-0.4, -0.2) is 17.2 Å². The number of ether oxygens (including phenoxy) is 1. The zero-order chi connectivity index (χ0) is 11.4. The maximum Gasteiger partial charge on any atom is 0.344 e. The van der Waals surface area contributed by atoms with Gasteiger partial charge in [-0.1, -0.05) is 19.1 Å². The second-order valence-electron chi connectivity index (χ2n) is 3.55. The van der Waals surface area contributed by atoms with Crippen LogP contribution in [0.3, 0.4) is 0 Å². The van der Waals surface area contributed by atoms with Crippen molar-refractivity contribution in [2.45, 2.75) is 33.3 Å². The summed E-state index contributed by atoms with van der Waals surface area (Å²) >= 11 is 0. The van der Waals surface area contributed by atoms with Gasteiger partial charge in [-0.25, -0.2) is 4.79 Å². The summed E-state index contributed by atoms with van der Waals surface area (Å²) in [7, 11) is 0. The van der Waals surface area contributed by atoms with Crippen molar-refractivity contribution in [1.29, 1.82) is 0 Å². The summed E-state index contributed by atoms with van der Waals surface area (Å²) in [5.41, 5.74) is 2.20. The standard InChI is InChI=1S/C12H16O3/c1-4-10-5-6-11(8(2)7-10)15-9(3)12(13)14/h5-7,9H,4H2,1-3H3,(H,13,14). The van der Waals surface area contributed by atoms with E-state index in [4.69, 9.17) is 9.84 Å². The third-order valence-electron chi connectivity index (χ3n) is 2.30. The molecule has 0 aliphatic rings. The van der Waals surface area contributed by atoms with Gasteiger partial charge in [0.05, 0.1) is 0 Å². The third kappa shape index (κ3) is 2.98. The molecule has 1 rings (SSSR count). The maximum absolute atomic E-state index is 10.6. The molecule has 0 spiro atoms. The zero-order valence-corrected chi connectivity index (χ0v) is 9.28. The van der Waals surface area contributed by atoms with Crippen LogP contribution in [0.15, 0.2) is 18.2 Å². The van der Waals surface area contributed by atoms with E-state index in [1.165, 1.54) is 12.5 Å². The van der Waals surface area contributed by atoms with Crippen LogP contribution in [0, 0.1) is 6.92 Å². The van der Waals surface area contributed by atoms with E-state index in [2.05, 4.69) is 6.92 Å². The van der Waals surface area contributed by atoms with Crippen molar-refractivity contribution in [2.75, 3.05) is 0 Å². The van der Waals surface area contributed by atoms with Crippen LogP contribution < -0.4 is 4.74 Å². The molecule has 0 saturated carbocycles. The van der Waals surface area contributed by atoms with Crippen molar-refractivity contribution in [1.82, 2.24) is 0 Å². The molecule has 1 aromatic rings. The van der Waals surface area contributed by atoms with Gasteiger partial charge in [0, 0.05) is 0 Å². The van der Waals surface area contributed by atoms with Crippen molar-refractivity contribution in [3.8, 4) is 5.75 Å². The number of benzene rings is 1. The molecule has 0 radical (unpaired) electrons. The van der Waals surface area contributed by atoms with Gasteiger partial charge in [-0.05, 0) is 37.5 Å². The predicted octanol–water partition coefficient (Wildman–Crippen LogP) is 2.41. The Morgan fingerprint density at radius 1 is 1.53 bits per heavy atom. The Hall–Kier alpha value is -1.51. The van der Waals surface area contributed by atoms with Crippen molar-refractivity contribution in [2.24, 2.45) is 0 Å². The van der Waals surface area contributed by atoms with Crippen LogP contribution in [0.1, 0.15) is 25.0 Å². The van der Waals surface area contributed by atoms with E-state index in [0.29, 0.717) is 5.75 Å². The molecule has 0 aliphatic carbocycles. The summed E-state index contributed by atoms with van der Waals surface area (Å²) in [5.74, 6) is -0.309. The summed E-state index contributed by atoms with van der Waals surface area (Å²) in [6.45, 7) is 5.52. The lowest BCUT2D eigenvalue weighted by molar-refractivity contribution is -0.144. The Balaban J connectivity index is 2.82. The predicted molar refractivity (Wildman–Crippen MR) is 58.3 cm³/mol. The molecule has 0 aliphatic heterocycles. The summed E-state index contributed by atoms with van der Waals surface area (Å²) in [6, 6.07) is 5.80. The van der Waals surface area contributed by atoms with E-state index in [1.807, 2.05) is 25.1 Å². The van der Waals surface area contributed by atoms with Crippen molar-refractivity contribution in [3.05, 3.63) is 29.3 Å². The highest BCUT2D eigenvalue weighted by Gasteiger charge is 2.13. The maximum atomic E-state index is 10.6. The van der Waals surface area contributed by atoms with Gasteiger partial charge in [0.15, 0.2) is 6.10 Å². The van der Waals surface area contributed by atoms with E-state index in [0.717, 1.165) is 12.0 Å². The topological polar surface area (TPSA) is 46.5 Å². The fourth-order valence-corrected chi connectivity index (χ4v) is 1.30. The van der Waals surface area contributed by atoms with Crippen molar-refractivity contribution >= 4 is 5.97 Å². The average molecular weight is 208 g/mol. The van der Waals surface area contributed by atoms with Crippen LogP contribution in [0.5, 0.6) is 5.75 Å². The Labute approximate surface area is 89.7 Å². The number of aliphatic carboxylic acids is 1. The average Bonchev–Trinajstić information content (AvgIpc) is 2.20. The number of carboxylic acids is 1. The fourth-order valence-electron chi connectivity index (χ4n) is 1.30. The Bertz CT molecular complexity index is 358. The Morgan fingerprint density at radius 2 is 2.20 bits per heavy atom. The molecule has 0 aromatic heterocycles. The normalized spacial score (nSPS) is 12.2. The summed E-state index contributed by atoms with van der Waals surface area (Å²) in [5, 5.41) is 8.71. The highest BCUT2D eigenvalue weighted by Crippen LogP contribution is 2.20. The monoisotopic (exact) mass is 208 g/mol. The molecule has 82 valence electrons. The molecule has 0 heterocycles. The van der Waals surface area contributed by atoms with E-state index < -0.39 is 12.1 Å². The fraction of sp³-hybridized carbons (Fsp3) is 0.417. The van der Waals surface area contributed by atoms with Crippen LogP contribution >= 0.6 is 0 Å². The van der Waals surface area contributed by atoms with Crippen molar-refractivity contribution < 1.29 is 14.6 Å². The zero-order valence-electron chi connectivity index (χ0n) is 9.28. The first-order valence-electron chi connectivity index (χ1n) is 5.03. The van der Waals surface area contributed by atoms with E-state index in [9.17, 15) is 4.79 Å². The molecule has 1 aromatic carbocycles. The molecule has 0 fully saturated rings. The highest BCUT2D eigenvalue weighted by atomic mass is 16.5. The summed E-state index contributed by atoms with van der Waals surface area (Å²) in [4.78, 5) is 10.6. The first kappa shape index (κ1) is 11.6. The smallest absolute Gasteiger partial charge is 0.344 e. The van der Waals surface area contributed by atoms with Gasteiger partial charge >= 0.3 is 5.97 Å². The SMILES string of the molecule is CCc1ccc(OC(C)C(=O)O)c(C)c1. The van der Waals surface area contributed by atoms with Gasteiger partial charge in [0.25, 0.3) is 0 Å². The minimum Gasteiger partial charge on any atom is -0.479 e. The molecule has 15 heavy (non-hydrogen) atoms. The molecule has 0 amide bonds. The lowest BCUT2D eigenvalue weighted by atomic mass is 10.1. The molecule has 1 N–H and O–H groups in total. The number of carboxylic acid groups (broad SMARTS) is 1. The first-order valence-corrected chi connectivity index (χ1v) is 5.03. The molecule has 0 bridgehead atoms. The van der Waals surface area contributed by atoms with E-state index >= 15 is 0 Å². The minimum absolute atomic E-state index is 0.641. The summed E-state index contributed by atoms with van der Waals surface area (Å²) in [6.07, 6.45) is 0.159. The molecule has 3 nitrogen and oxygen atoms in total. The Morgan fingerprint density at radius 3 is 2.67 bits per heavy atom. The molecule has 1 unspecified atom stereocenters. The van der Waals surface area contributed by atoms with Crippen LogP contribution in [0.4, 0.5) is 0 Å². The number of carbonyl (C=O) groups is 1. The van der Waals surface area contributed by atoms with Gasteiger partial charge < -0.3 is 9.84 Å². The molecular weight excluding hydrogens is 192 g/mol. The molecule has 0 saturated heterocycles. The number of hydrogen-bond acceptors (Lipinski definition) is 2. The largest absolute Gasteiger partial charge is 0.479 e. The molecule has 1 atom stereocenters. The lowest BCUT2D eigenvalue weighted by Gasteiger charge is -2.13. The quantitative estimate of drug-likeness (QED) is 0.826. The van der Waals surface area contributed by atoms with Gasteiger partial charge in [-0.2, -0.15) is 0 Å². The number of rotatable bonds is 4. The Kier molecular flexibility index (Phi) is 3.72. The van der Waals surface area contributed by atoms with E-state index in [1.54, 1.807) is 0 Å². The molecule has 3 heteroatoms. The van der Waals surface area contributed by atoms with Crippen LogP contribution in [0.25, 0.3) is 0 Å². The van der Waals surface area contributed by atoms with Gasteiger partial charge in [-0.15, -0.1) is 0 Å². The number of hydrogen-bond donors (Lipinski definition) is 1. The lowest BCUT2D eigenvalue weighted by Crippen LogP contribution is -2.23. The van der Waals surface area contributed by atoms with Crippen LogP contribution in [0.2, 0.25) is 0 Å². The highest BCUT2D eigenvalue weighted by molar-refractivity contribution is 5.72. The second kappa shape index (κ2) is 4.82. The molecular formula is C12H16O3. The van der Waals surface area contributed by atoms with Gasteiger partial charge in [-0.3, -0.25) is 0 Å². The summed E-state index contributed by atoms with van der Waals surface area (Å²) < 4.78 is 5.31. The van der Waals surface area contributed by atoms with Gasteiger partial charge in [0.2, 0.25) is 0 Å². The third-order valence-corrected chi connectivity index (χ3v) is 2.30. The first-order chi connectivity index (χ1) is 7.04. The second-order valence-corrected chi connectivity index (χ2v) is 3.55. The van der Waals surface area contributed by atoms with Crippen molar-refractivity contribution in [3.63, 3.8) is 0 Å². The van der Waals surface area contributed by atoms with Gasteiger partial charge in [0.1, 0.15) is 5.75 Å². The van der Waals surface area contributed by atoms with Crippen LogP contribution in [-0.2, 0) is 11.2 Å². The van der Waals surface area contributed by atoms with E-state index in [-0.39, 0.29) is 0 Å².